The second-order valence-corrected chi connectivity index (χ2v) is 4.03. The third-order valence-corrected chi connectivity index (χ3v) is 2.67. The standard InChI is InChI=1S/C12H10ClFN4O/c13-9-4-3-7(6-10(9)14)17-12(19)8-2-1-5-16-11(8)18-15/h1-6H,15H2,(H,16,18)(H,17,19). The first kappa shape index (κ1) is 13.3. The summed E-state index contributed by atoms with van der Waals surface area (Å²) >= 11 is 5.56. The van der Waals surface area contributed by atoms with Crippen molar-refractivity contribution in [3.63, 3.8) is 0 Å². The maximum Gasteiger partial charge on any atom is 0.259 e. The first-order valence-electron chi connectivity index (χ1n) is 5.30. The molecule has 1 aromatic heterocycles. The van der Waals surface area contributed by atoms with Crippen LogP contribution < -0.4 is 16.6 Å². The van der Waals surface area contributed by atoms with E-state index in [4.69, 9.17) is 17.4 Å². The molecule has 0 saturated heterocycles. The summed E-state index contributed by atoms with van der Waals surface area (Å²) in [6.07, 6.45) is 1.49. The molecule has 1 heterocycles. The quantitative estimate of drug-likeness (QED) is 0.596. The minimum atomic E-state index is -0.608. The number of nitrogen functional groups attached to an aromatic ring is 1. The van der Waals surface area contributed by atoms with Crippen molar-refractivity contribution in [3.8, 4) is 0 Å². The fourth-order valence-corrected chi connectivity index (χ4v) is 1.59. The molecule has 5 nitrogen and oxygen atoms in total. The monoisotopic (exact) mass is 280 g/mol. The Labute approximate surface area is 113 Å². The van der Waals surface area contributed by atoms with Crippen LogP contribution in [0.2, 0.25) is 5.02 Å². The fraction of sp³-hybridized carbons (Fsp3) is 0. The van der Waals surface area contributed by atoms with E-state index in [0.29, 0.717) is 5.69 Å². The lowest BCUT2D eigenvalue weighted by atomic mass is 10.2. The summed E-state index contributed by atoms with van der Waals surface area (Å²) in [6, 6.07) is 7.13. The van der Waals surface area contributed by atoms with Crippen molar-refractivity contribution in [2.75, 3.05) is 10.7 Å². The third kappa shape index (κ3) is 2.98. The molecule has 4 N–H and O–H groups in total. The number of hydrogen-bond donors (Lipinski definition) is 3. The van der Waals surface area contributed by atoms with Gasteiger partial charge in [0.25, 0.3) is 5.91 Å². The number of hydrazine groups is 1. The molecule has 0 radical (unpaired) electrons. The molecule has 19 heavy (non-hydrogen) atoms. The molecule has 0 aliphatic rings. The minimum Gasteiger partial charge on any atom is -0.322 e. The maximum absolute atomic E-state index is 13.2. The third-order valence-electron chi connectivity index (χ3n) is 2.37. The summed E-state index contributed by atoms with van der Waals surface area (Å²) in [5.41, 5.74) is 2.86. The smallest absolute Gasteiger partial charge is 0.259 e. The number of hydrogen-bond acceptors (Lipinski definition) is 4. The number of benzene rings is 1. The number of nitrogens with zero attached hydrogens (tertiary/aromatic N) is 1. The van der Waals surface area contributed by atoms with Crippen molar-refractivity contribution in [3.05, 3.63) is 52.9 Å². The Morgan fingerprint density at radius 3 is 2.84 bits per heavy atom. The number of nitrogens with one attached hydrogen (secondary N) is 2. The van der Waals surface area contributed by atoms with Gasteiger partial charge in [-0.05, 0) is 30.3 Å². The van der Waals surface area contributed by atoms with E-state index in [1.807, 2.05) is 0 Å². The number of halogens is 2. The van der Waals surface area contributed by atoms with Gasteiger partial charge in [0.05, 0.1) is 10.6 Å². The van der Waals surface area contributed by atoms with Crippen LogP contribution in [0.4, 0.5) is 15.9 Å². The highest BCUT2D eigenvalue weighted by Crippen LogP contribution is 2.20. The lowest BCUT2D eigenvalue weighted by Crippen LogP contribution is -2.18. The van der Waals surface area contributed by atoms with Gasteiger partial charge in [0.2, 0.25) is 0 Å². The average molecular weight is 281 g/mol. The first-order chi connectivity index (χ1) is 9.11. The molecule has 98 valence electrons. The molecular formula is C12H10ClFN4O. The van der Waals surface area contributed by atoms with Crippen molar-refractivity contribution in [2.24, 2.45) is 5.84 Å². The Kier molecular flexibility index (Phi) is 3.94. The fourth-order valence-electron chi connectivity index (χ4n) is 1.48. The Bertz CT molecular complexity index is 620. The van der Waals surface area contributed by atoms with Crippen LogP contribution in [0.25, 0.3) is 0 Å². The van der Waals surface area contributed by atoms with Crippen LogP contribution in [0.15, 0.2) is 36.5 Å². The van der Waals surface area contributed by atoms with Gasteiger partial charge in [-0.3, -0.25) is 4.79 Å². The average Bonchev–Trinajstić information content (AvgIpc) is 2.43. The SMILES string of the molecule is NNc1ncccc1C(=O)Nc1ccc(Cl)c(F)c1. The number of anilines is 2. The van der Waals surface area contributed by atoms with Gasteiger partial charge in [-0.25, -0.2) is 15.2 Å². The number of aromatic nitrogens is 1. The van der Waals surface area contributed by atoms with E-state index in [2.05, 4.69) is 15.7 Å². The topological polar surface area (TPSA) is 80.0 Å². The number of nitrogens with two attached hydrogens (primary N) is 1. The largest absolute Gasteiger partial charge is 0.322 e. The van der Waals surface area contributed by atoms with Gasteiger partial charge in [-0.15, -0.1) is 0 Å². The Balaban J connectivity index is 2.23. The summed E-state index contributed by atoms with van der Waals surface area (Å²) < 4.78 is 13.2. The Morgan fingerprint density at radius 2 is 2.16 bits per heavy atom. The van der Waals surface area contributed by atoms with Gasteiger partial charge < -0.3 is 10.7 Å². The molecule has 0 atom stereocenters. The summed E-state index contributed by atoms with van der Waals surface area (Å²) in [5, 5.41) is 2.52. The zero-order valence-electron chi connectivity index (χ0n) is 9.65. The van der Waals surface area contributed by atoms with Gasteiger partial charge in [-0.1, -0.05) is 11.6 Å². The van der Waals surface area contributed by atoms with Crippen molar-refractivity contribution >= 4 is 29.0 Å². The van der Waals surface area contributed by atoms with Crippen molar-refractivity contribution in [2.45, 2.75) is 0 Å². The second-order valence-electron chi connectivity index (χ2n) is 3.63. The van der Waals surface area contributed by atoms with E-state index in [0.717, 1.165) is 6.07 Å². The number of rotatable bonds is 3. The molecule has 0 saturated carbocycles. The lowest BCUT2D eigenvalue weighted by Gasteiger charge is -2.08. The number of pyridine rings is 1. The molecule has 0 spiro atoms. The maximum atomic E-state index is 13.2. The second kappa shape index (κ2) is 5.64. The molecule has 0 bridgehead atoms. The Hall–Kier alpha value is -2.18. The van der Waals surface area contributed by atoms with E-state index in [1.165, 1.54) is 18.3 Å². The predicted molar refractivity (Wildman–Crippen MR) is 71.4 cm³/mol. The highest BCUT2D eigenvalue weighted by Gasteiger charge is 2.12. The zero-order chi connectivity index (χ0) is 13.8. The van der Waals surface area contributed by atoms with E-state index in [-0.39, 0.29) is 16.4 Å². The van der Waals surface area contributed by atoms with Crippen molar-refractivity contribution in [1.29, 1.82) is 0 Å². The van der Waals surface area contributed by atoms with Crippen LogP contribution in [-0.4, -0.2) is 10.9 Å². The first-order valence-corrected chi connectivity index (χ1v) is 5.67. The predicted octanol–water partition coefficient (Wildman–Crippen LogP) is 2.41. The summed E-state index contributed by atoms with van der Waals surface area (Å²) in [6.45, 7) is 0. The molecule has 0 fully saturated rings. The minimum absolute atomic E-state index is 0.0105. The van der Waals surface area contributed by atoms with E-state index in [1.54, 1.807) is 12.1 Å². The molecule has 0 unspecified atom stereocenters. The zero-order valence-corrected chi connectivity index (χ0v) is 10.4. The molecular weight excluding hydrogens is 271 g/mol. The molecule has 0 aliphatic carbocycles. The molecule has 0 aliphatic heterocycles. The molecule has 2 aromatic rings. The van der Waals surface area contributed by atoms with Crippen molar-refractivity contribution in [1.82, 2.24) is 4.98 Å². The van der Waals surface area contributed by atoms with Crippen LogP contribution in [-0.2, 0) is 0 Å². The summed E-state index contributed by atoms with van der Waals surface area (Å²) in [4.78, 5) is 15.9. The van der Waals surface area contributed by atoms with E-state index >= 15 is 0 Å². The van der Waals surface area contributed by atoms with Crippen LogP contribution in [0, 0.1) is 5.82 Å². The van der Waals surface area contributed by atoms with Gasteiger partial charge in [0, 0.05) is 11.9 Å². The molecule has 2 rings (SSSR count). The number of carbonyl (C=O) groups excluding carboxylic acids is 1. The van der Waals surface area contributed by atoms with Gasteiger partial charge in [0.15, 0.2) is 5.82 Å². The number of amides is 1. The summed E-state index contributed by atoms with van der Waals surface area (Å²) in [7, 11) is 0. The van der Waals surface area contributed by atoms with Gasteiger partial charge in [-0.2, -0.15) is 0 Å². The summed E-state index contributed by atoms with van der Waals surface area (Å²) in [5.74, 6) is 4.42. The van der Waals surface area contributed by atoms with Gasteiger partial charge in [0.1, 0.15) is 5.82 Å². The Morgan fingerprint density at radius 1 is 1.37 bits per heavy atom. The van der Waals surface area contributed by atoms with Crippen LogP contribution in [0.3, 0.4) is 0 Å². The van der Waals surface area contributed by atoms with Crippen LogP contribution >= 0.6 is 11.6 Å². The lowest BCUT2D eigenvalue weighted by molar-refractivity contribution is 0.102. The van der Waals surface area contributed by atoms with E-state index < -0.39 is 11.7 Å². The van der Waals surface area contributed by atoms with Crippen LogP contribution in [0.5, 0.6) is 0 Å². The number of carbonyl (C=O) groups is 1. The normalized spacial score (nSPS) is 10.1. The highest BCUT2D eigenvalue weighted by molar-refractivity contribution is 6.30. The molecule has 1 amide bonds. The van der Waals surface area contributed by atoms with E-state index in [9.17, 15) is 9.18 Å². The highest BCUT2D eigenvalue weighted by atomic mass is 35.5. The molecule has 1 aromatic carbocycles. The van der Waals surface area contributed by atoms with Gasteiger partial charge >= 0.3 is 0 Å². The van der Waals surface area contributed by atoms with Crippen LogP contribution in [0.1, 0.15) is 10.4 Å². The van der Waals surface area contributed by atoms with Crippen molar-refractivity contribution < 1.29 is 9.18 Å². The molecule has 7 heteroatoms.